The molecule has 1 saturated heterocycles. The summed E-state index contributed by atoms with van der Waals surface area (Å²) in [6.07, 6.45) is 0. The van der Waals surface area contributed by atoms with Crippen LogP contribution in [-0.2, 0) is 0 Å². The molecular weight excluding hydrogens is 379 g/mol. The molecule has 0 saturated carbocycles. The number of carbonyl (C=O) groups is 1. The lowest BCUT2D eigenvalue weighted by Crippen LogP contribution is -2.52. The average Bonchev–Trinajstić information content (AvgIpc) is 3.15. The van der Waals surface area contributed by atoms with Crippen LogP contribution >= 0.6 is 0 Å². The molecule has 0 N–H and O–H groups in total. The van der Waals surface area contributed by atoms with Crippen molar-refractivity contribution in [1.82, 2.24) is 10.2 Å². The quantitative estimate of drug-likeness (QED) is 0.613. The normalized spacial score (nSPS) is 14.1. The molecule has 1 aliphatic rings. The monoisotopic (exact) mass is 398 g/mol. The number of para-hydroxylation sites is 1. The maximum absolute atomic E-state index is 14.0. The Kier molecular flexibility index (Phi) is 5.03. The van der Waals surface area contributed by atoms with Crippen LogP contribution in [0.2, 0.25) is 0 Å². The van der Waals surface area contributed by atoms with Gasteiger partial charge in [-0.3, -0.25) is 4.79 Å². The minimum Gasteiger partial charge on any atom is -0.538 e. The first kappa shape index (κ1) is 18.7. The zero-order chi connectivity index (χ0) is 20.4. The van der Waals surface area contributed by atoms with Gasteiger partial charge in [0.1, 0.15) is 11.6 Å². The lowest BCUT2D eigenvalue weighted by Gasteiger charge is -2.35. The Balaban J connectivity index is 1.52. The summed E-state index contributed by atoms with van der Waals surface area (Å²) in [6.45, 7) is 1.60. The number of rotatable bonds is 4. The molecule has 29 heavy (non-hydrogen) atoms. The van der Waals surface area contributed by atoms with Crippen molar-refractivity contribution < 1.29 is 28.2 Å². The summed E-state index contributed by atoms with van der Waals surface area (Å²) < 4.78 is 25.1. The number of methoxy groups -OCH3 is 1. The number of hydrogen-bond acceptors (Lipinski definition) is 6. The smallest absolute Gasteiger partial charge is 0.327 e. The van der Waals surface area contributed by atoms with Crippen molar-refractivity contribution in [3.8, 4) is 17.4 Å². The summed E-state index contributed by atoms with van der Waals surface area (Å²) in [4.78, 5) is 16.4. The standard InChI is InChI=1S/C20H19FN4O4/c1-28-15-8-6-14(7-9-15)25-18(20(27)29-22-25)19(26)24-12-10-23(11-13-24)17-5-3-2-4-16(17)21/h2-9H,10-13H2,1H3. The Hall–Kier alpha value is -3.62. The summed E-state index contributed by atoms with van der Waals surface area (Å²) in [5.41, 5.74) is 0.835. The molecule has 0 bridgehead atoms. The first-order valence-electron chi connectivity index (χ1n) is 9.10. The Morgan fingerprint density at radius 2 is 1.83 bits per heavy atom. The highest BCUT2D eigenvalue weighted by Gasteiger charge is 2.33. The number of aromatic nitrogens is 2. The number of halogens is 1. The number of piperazine rings is 1. The Morgan fingerprint density at radius 1 is 1.14 bits per heavy atom. The van der Waals surface area contributed by atoms with Crippen molar-refractivity contribution in [2.45, 2.75) is 0 Å². The van der Waals surface area contributed by atoms with Gasteiger partial charge in [-0.15, -0.1) is 0 Å². The van der Waals surface area contributed by atoms with Crippen LogP contribution in [0.3, 0.4) is 0 Å². The van der Waals surface area contributed by atoms with Gasteiger partial charge in [0.05, 0.1) is 18.1 Å². The third kappa shape index (κ3) is 3.58. The molecule has 0 radical (unpaired) electrons. The SMILES string of the molecule is COc1ccc(-[n+]2noc([O-])c2C(=O)N2CCN(c3ccccc3F)CC2)cc1. The number of carbonyl (C=O) groups excluding carboxylic acids is 1. The van der Waals surface area contributed by atoms with E-state index in [1.807, 2.05) is 4.90 Å². The van der Waals surface area contributed by atoms with E-state index in [1.54, 1.807) is 54.5 Å². The van der Waals surface area contributed by atoms with Gasteiger partial charge in [-0.2, -0.15) is 0 Å². The van der Waals surface area contributed by atoms with Gasteiger partial charge in [0, 0.05) is 38.3 Å². The van der Waals surface area contributed by atoms with Crippen molar-refractivity contribution in [3.05, 3.63) is 60.0 Å². The maximum atomic E-state index is 14.0. The van der Waals surface area contributed by atoms with Crippen LogP contribution < -0.4 is 19.4 Å². The van der Waals surface area contributed by atoms with Crippen LogP contribution in [0.4, 0.5) is 10.1 Å². The molecule has 150 valence electrons. The zero-order valence-corrected chi connectivity index (χ0v) is 15.7. The number of nitrogens with zero attached hydrogens (tertiary/aromatic N) is 4. The van der Waals surface area contributed by atoms with E-state index >= 15 is 0 Å². The van der Waals surface area contributed by atoms with Gasteiger partial charge in [0.2, 0.25) is 5.69 Å². The van der Waals surface area contributed by atoms with Gasteiger partial charge < -0.3 is 24.2 Å². The third-order valence-corrected chi connectivity index (χ3v) is 4.89. The van der Waals surface area contributed by atoms with Crippen molar-refractivity contribution in [2.24, 2.45) is 0 Å². The van der Waals surface area contributed by atoms with Crippen molar-refractivity contribution in [1.29, 1.82) is 0 Å². The van der Waals surface area contributed by atoms with Crippen LogP contribution in [-0.4, -0.2) is 49.4 Å². The van der Waals surface area contributed by atoms with E-state index in [4.69, 9.17) is 9.26 Å². The van der Waals surface area contributed by atoms with Crippen molar-refractivity contribution in [2.75, 3.05) is 38.2 Å². The molecule has 1 aliphatic heterocycles. The van der Waals surface area contributed by atoms with Crippen LogP contribution in [0.15, 0.2) is 53.1 Å². The summed E-state index contributed by atoms with van der Waals surface area (Å²) in [6, 6.07) is 13.3. The molecule has 8 nitrogen and oxygen atoms in total. The largest absolute Gasteiger partial charge is 0.538 e. The first-order valence-corrected chi connectivity index (χ1v) is 9.10. The molecule has 0 spiro atoms. The Labute approximate surface area is 166 Å². The summed E-state index contributed by atoms with van der Waals surface area (Å²) in [7, 11) is 1.55. The predicted molar refractivity (Wildman–Crippen MR) is 98.5 cm³/mol. The minimum absolute atomic E-state index is 0.172. The summed E-state index contributed by atoms with van der Waals surface area (Å²) in [5, 5.41) is 15.9. The van der Waals surface area contributed by atoms with Crippen LogP contribution in [0.25, 0.3) is 5.69 Å². The molecular formula is C20H19FN4O4. The molecule has 1 aromatic heterocycles. The summed E-state index contributed by atoms with van der Waals surface area (Å²) >= 11 is 0. The van der Waals surface area contributed by atoms with Crippen LogP contribution in [0.5, 0.6) is 11.7 Å². The molecule has 2 aromatic carbocycles. The molecule has 4 rings (SSSR count). The third-order valence-electron chi connectivity index (χ3n) is 4.89. The summed E-state index contributed by atoms with van der Waals surface area (Å²) in [5.74, 6) is -0.939. The minimum atomic E-state index is -0.803. The second-order valence-corrected chi connectivity index (χ2v) is 6.55. The second-order valence-electron chi connectivity index (χ2n) is 6.55. The fraction of sp³-hybridized carbons (Fsp3) is 0.250. The lowest BCUT2D eigenvalue weighted by molar-refractivity contribution is -0.672. The highest BCUT2D eigenvalue weighted by molar-refractivity contribution is 5.92. The Bertz CT molecular complexity index is 1010. The van der Waals surface area contributed by atoms with Gasteiger partial charge in [-0.1, -0.05) is 12.1 Å². The molecule has 0 atom stereocenters. The van der Waals surface area contributed by atoms with Gasteiger partial charge in [0.15, 0.2) is 5.95 Å². The van der Waals surface area contributed by atoms with E-state index in [0.29, 0.717) is 43.3 Å². The van der Waals surface area contributed by atoms with Gasteiger partial charge >= 0.3 is 11.6 Å². The fourth-order valence-electron chi connectivity index (χ4n) is 3.33. The lowest BCUT2D eigenvalue weighted by atomic mass is 10.2. The Morgan fingerprint density at radius 3 is 2.48 bits per heavy atom. The molecule has 0 aliphatic carbocycles. The number of benzene rings is 2. The average molecular weight is 398 g/mol. The van der Waals surface area contributed by atoms with Gasteiger partial charge in [-0.05, 0) is 28.9 Å². The molecule has 0 unspecified atom stereocenters. The maximum Gasteiger partial charge on any atom is 0.327 e. The van der Waals surface area contributed by atoms with E-state index in [9.17, 15) is 14.3 Å². The van der Waals surface area contributed by atoms with E-state index in [2.05, 4.69) is 5.27 Å². The highest BCUT2D eigenvalue weighted by Crippen LogP contribution is 2.22. The zero-order valence-electron chi connectivity index (χ0n) is 15.7. The predicted octanol–water partition coefficient (Wildman–Crippen LogP) is 1.13. The number of amides is 1. The first-order chi connectivity index (χ1) is 14.1. The molecule has 9 heteroatoms. The van der Waals surface area contributed by atoms with E-state index in [0.717, 1.165) is 0 Å². The van der Waals surface area contributed by atoms with E-state index < -0.39 is 11.9 Å². The second kappa shape index (κ2) is 7.78. The topological polar surface area (TPSA) is 85.8 Å². The fourth-order valence-corrected chi connectivity index (χ4v) is 3.33. The molecule has 1 amide bonds. The number of ether oxygens (including phenoxy) is 1. The van der Waals surface area contributed by atoms with E-state index in [-0.39, 0.29) is 11.5 Å². The van der Waals surface area contributed by atoms with Crippen LogP contribution in [0.1, 0.15) is 10.5 Å². The van der Waals surface area contributed by atoms with Crippen LogP contribution in [0, 0.1) is 5.82 Å². The number of hydrogen-bond donors (Lipinski definition) is 0. The molecule has 2 heterocycles. The molecule has 1 fully saturated rings. The van der Waals surface area contributed by atoms with Gasteiger partial charge in [-0.25, -0.2) is 4.39 Å². The number of anilines is 1. The molecule has 3 aromatic rings. The van der Waals surface area contributed by atoms with E-state index in [1.165, 1.54) is 10.7 Å². The van der Waals surface area contributed by atoms with Crippen molar-refractivity contribution in [3.63, 3.8) is 0 Å². The van der Waals surface area contributed by atoms with Crippen molar-refractivity contribution >= 4 is 11.6 Å². The van der Waals surface area contributed by atoms with Gasteiger partial charge in [0.25, 0.3) is 0 Å². The highest BCUT2D eigenvalue weighted by atomic mass is 19.1.